The molecule has 0 saturated heterocycles. The number of aryl methyl sites for hydroxylation is 3. The van der Waals surface area contributed by atoms with Gasteiger partial charge in [-0.2, -0.15) is 5.10 Å². The monoisotopic (exact) mass is 358 g/mol. The third-order valence-corrected chi connectivity index (χ3v) is 6.15. The summed E-state index contributed by atoms with van der Waals surface area (Å²) in [7, 11) is -0.149. The molecule has 132 valence electrons. The number of sulfonamides is 1. The molecule has 0 spiro atoms. The van der Waals surface area contributed by atoms with Gasteiger partial charge in [0, 0.05) is 32.2 Å². The summed E-state index contributed by atoms with van der Waals surface area (Å²) >= 11 is 0. The Balaban J connectivity index is 1.75. The molecular formula is C18H22N4O2S. The maximum Gasteiger partial charge on any atom is 0.244 e. The van der Waals surface area contributed by atoms with Gasteiger partial charge < -0.3 is 0 Å². The average Bonchev–Trinajstić information content (AvgIpc) is 2.89. The molecule has 7 heteroatoms. The SMILES string of the molecule is Cc1nn(C)c2ncc(S(=O)(=O)N(C)CCCc3ccccc3)cc12. The maximum atomic E-state index is 12.8. The minimum absolute atomic E-state index is 0.207. The highest BCUT2D eigenvalue weighted by molar-refractivity contribution is 7.89. The molecule has 0 aliphatic rings. The number of hydrogen-bond acceptors (Lipinski definition) is 4. The van der Waals surface area contributed by atoms with Gasteiger partial charge in [0.25, 0.3) is 0 Å². The van der Waals surface area contributed by atoms with Gasteiger partial charge in [-0.25, -0.2) is 17.7 Å². The average molecular weight is 358 g/mol. The van der Waals surface area contributed by atoms with Crippen LogP contribution in [0.15, 0.2) is 47.5 Å². The number of pyridine rings is 1. The maximum absolute atomic E-state index is 12.8. The Morgan fingerprint density at radius 1 is 1.20 bits per heavy atom. The highest BCUT2D eigenvalue weighted by atomic mass is 32.2. The lowest BCUT2D eigenvalue weighted by molar-refractivity contribution is 0.461. The Morgan fingerprint density at radius 3 is 2.64 bits per heavy atom. The zero-order chi connectivity index (χ0) is 18.0. The first kappa shape index (κ1) is 17.6. The summed E-state index contributed by atoms with van der Waals surface area (Å²) in [6.45, 7) is 2.31. The Bertz CT molecular complexity index is 981. The van der Waals surface area contributed by atoms with Gasteiger partial charge in [-0.3, -0.25) is 4.68 Å². The number of benzene rings is 1. The molecule has 2 heterocycles. The largest absolute Gasteiger partial charge is 0.250 e. The summed E-state index contributed by atoms with van der Waals surface area (Å²) in [6, 6.07) is 11.7. The predicted molar refractivity (Wildman–Crippen MR) is 97.8 cm³/mol. The second kappa shape index (κ2) is 6.93. The summed E-state index contributed by atoms with van der Waals surface area (Å²) < 4.78 is 28.6. The minimum Gasteiger partial charge on any atom is -0.250 e. The van der Waals surface area contributed by atoms with Gasteiger partial charge in [0.15, 0.2) is 5.65 Å². The number of fused-ring (bicyclic) bond motifs is 1. The van der Waals surface area contributed by atoms with Crippen molar-refractivity contribution in [3.63, 3.8) is 0 Å². The van der Waals surface area contributed by atoms with Crippen molar-refractivity contribution in [3.8, 4) is 0 Å². The van der Waals surface area contributed by atoms with Crippen molar-refractivity contribution in [2.45, 2.75) is 24.7 Å². The van der Waals surface area contributed by atoms with Crippen LogP contribution < -0.4 is 0 Å². The van der Waals surface area contributed by atoms with E-state index >= 15 is 0 Å². The molecule has 0 saturated carbocycles. The lowest BCUT2D eigenvalue weighted by atomic mass is 10.1. The number of hydrogen-bond donors (Lipinski definition) is 0. The molecule has 25 heavy (non-hydrogen) atoms. The summed E-state index contributed by atoms with van der Waals surface area (Å²) in [5.41, 5.74) is 2.67. The Hall–Kier alpha value is -2.25. The molecule has 3 rings (SSSR count). The van der Waals surface area contributed by atoms with Gasteiger partial charge in [0.1, 0.15) is 4.90 Å². The van der Waals surface area contributed by atoms with Gasteiger partial charge in [0.2, 0.25) is 10.0 Å². The van der Waals surface area contributed by atoms with E-state index in [-0.39, 0.29) is 4.90 Å². The summed E-state index contributed by atoms with van der Waals surface area (Å²) in [5.74, 6) is 0. The smallest absolute Gasteiger partial charge is 0.244 e. The van der Waals surface area contributed by atoms with Crippen LogP contribution in [-0.2, 0) is 23.5 Å². The first-order valence-corrected chi connectivity index (χ1v) is 9.63. The van der Waals surface area contributed by atoms with Crippen LogP contribution in [-0.4, -0.2) is 41.1 Å². The van der Waals surface area contributed by atoms with Crippen molar-refractivity contribution >= 4 is 21.1 Å². The van der Waals surface area contributed by atoms with Crippen LogP contribution in [0.25, 0.3) is 11.0 Å². The predicted octanol–water partition coefficient (Wildman–Crippen LogP) is 2.53. The molecule has 0 aliphatic heterocycles. The van der Waals surface area contributed by atoms with Crippen molar-refractivity contribution in [2.75, 3.05) is 13.6 Å². The van der Waals surface area contributed by atoms with Crippen LogP contribution >= 0.6 is 0 Å². The lowest BCUT2D eigenvalue weighted by Gasteiger charge is -2.17. The van der Waals surface area contributed by atoms with Crippen molar-refractivity contribution in [1.29, 1.82) is 0 Å². The zero-order valence-corrected chi connectivity index (χ0v) is 15.5. The molecule has 0 bridgehead atoms. The van der Waals surface area contributed by atoms with Gasteiger partial charge >= 0.3 is 0 Å². The van der Waals surface area contributed by atoms with Crippen LogP contribution in [0.1, 0.15) is 17.7 Å². The highest BCUT2D eigenvalue weighted by Gasteiger charge is 2.22. The van der Waals surface area contributed by atoms with Crippen molar-refractivity contribution in [3.05, 3.63) is 53.9 Å². The van der Waals surface area contributed by atoms with E-state index in [1.165, 1.54) is 16.1 Å². The third kappa shape index (κ3) is 3.57. The van der Waals surface area contributed by atoms with Gasteiger partial charge in [-0.05, 0) is 31.4 Å². The summed E-state index contributed by atoms with van der Waals surface area (Å²) in [5, 5.41) is 5.05. The Morgan fingerprint density at radius 2 is 1.92 bits per heavy atom. The molecule has 0 radical (unpaired) electrons. The molecule has 0 atom stereocenters. The summed E-state index contributed by atoms with van der Waals surface area (Å²) in [6.07, 6.45) is 3.02. The standard InChI is InChI=1S/C18H22N4O2S/c1-14-17-12-16(13-19-18(17)22(3)20-14)25(23,24)21(2)11-7-10-15-8-5-4-6-9-15/h4-6,8-9,12-13H,7,10-11H2,1-3H3. The topological polar surface area (TPSA) is 68.1 Å². The molecule has 0 N–H and O–H groups in total. The highest BCUT2D eigenvalue weighted by Crippen LogP contribution is 2.21. The van der Waals surface area contributed by atoms with E-state index in [4.69, 9.17) is 0 Å². The van der Waals surface area contributed by atoms with Gasteiger partial charge in [0.05, 0.1) is 5.69 Å². The van der Waals surface area contributed by atoms with E-state index in [2.05, 4.69) is 22.2 Å². The zero-order valence-electron chi connectivity index (χ0n) is 14.7. The van der Waals surface area contributed by atoms with Crippen molar-refractivity contribution in [2.24, 2.45) is 7.05 Å². The van der Waals surface area contributed by atoms with E-state index in [1.54, 1.807) is 24.8 Å². The van der Waals surface area contributed by atoms with Crippen LogP contribution in [0.2, 0.25) is 0 Å². The second-order valence-electron chi connectivity index (χ2n) is 6.17. The van der Waals surface area contributed by atoms with Crippen LogP contribution in [0.5, 0.6) is 0 Å². The molecule has 1 aromatic carbocycles. The van der Waals surface area contributed by atoms with Gasteiger partial charge in [-0.15, -0.1) is 0 Å². The number of aromatic nitrogens is 3. The Kier molecular flexibility index (Phi) is 4.87. The molecule has 0 fully saturated rings. The van der Waals surface area contributed by atoms with Gasteiger partial charge in [-0.1, -0.05) is 30.3 Å². The number of rotatable bonds is 6. The molecule has 0 unspecified atom stereocenters. The first-order chi connectivity index (χ1) is 11.9. The molecule has 0 aliphatic carbocycles. The fraction of sp³-hybridized carbons (Fsp3) is 0.333. The van der Waals surface area contributed by atoms with E-state index in [0.29, 0.717) is 12.2 Å². The van der Waals surface area contributed by atoms with Crippen LogP contribution in [0.3, 0.4) is 0 Å². The third-order valence-electron chi connectivity index (χ3n) is 4.33. The van der Waals surface area contributed by atoms with Crippen molar-refractivity contribution in [1.82, 2.24) is 19.1 Å². The van der Waals surface area contributed by atoms with E-state index < -0.39 is 10.0 Å². The van der Waals surface area contributed by atoms with E-state index in [9.17, 15) is 8.42 Å². The molecule has 6 nitrogen and oxygen atoms in total. The first-order valence-electron chi connectivity index (χ1n) is 8.19. The minimum atomic E-state index is -3.56. The summed E-state index contributed by atoms with van der Waals surface area (Å²) in [4.78, 5) is 4.48. The number of nitrogens with zero attached hydrogens (tertiary/aromatic N) is 4. The van der Waals surface area contributed by atoms with E-state index in [0.717, 1.165) is 23.9 Å². The normalized spacial score (nSPS) is 12.2. The molecular weight excluding hydrogens is 336 g/mol. The van der Waals surface area contributed by atoms with Crippen LogP contribution in [0.4, 0.5) is 0 Å². The quantitative estimate of drug-likeness (QED) is 0.679. The molecule has 2 aromatic heterocycles. The fourth-order valence-corrected chi connectivity index (χ4v) is 4.06. The lowest BCUT2D eigenvalue weighted by Crippen LogP contribution is -2.28. The Labute approximate surface area is 148 Å². The molecule has 3 aromatic rings. The second-order valence-corrected chi connectivity index (χ2v) is 8.21. The molecule has 0 amide bonds. The fourth-order valence-electron chi connectivity index (χ4n) is 2.88. The van der Waals surface area contributed by atoms with Crippen molar-refractivity contribution < 1.29 is 8.42 Å². The van der Waals surface area contributed by atoms with E-state index in [1.807, 2.05) is 25.1 Å². The van der Waals surface area contributed by atoms with Crippen LogP contribution in [0, 0.1) is 6.92 Å².